The number of aromatic hydroxyl groups is 2. The fourth-order valence-corrected chi connectivity index (χ4v) is 7.21. The van der Waals surface area contributed by atoms with Crippen molar-refractivity contribution in [3.05, 3.63) is 80.4 Å². The number of ketones is 2. The number of carbonyl (C=O) groups is 5. The molecule has 2 aromatic carbocycles. The van der Waals surface area contributed by atoms with E-state index in [-0.39, 0.29) is 52.7 Å². The van der Waals surface area contributed by atoms with Crippen LogP contribution in [0.25, 0.3) is 0 Å². The molecule has 0 bridgehead atoms. The lowest BCUT2D eigenvalue weighted by Gasteiger charge is -2.42. The van der Waals surface area contributed by atoms with Gasteiger partial charge in [0, 0.05) is 28.7 Å². The molecule has 10 nitrogen and oxygen atoms in total. The van der Waals surface area contributed by atoms with Gasteiger partial charge >= 0.3 is 5.97 Å². The van der Waals surface area contributed by atoms with E-state index >= 15 is 0 Å². The Bertz CT molecular complexity index is 1750. The van der Waals surface area contributed by atoms with Crippen LogP contribution in [-0.2, 0) is 19.2 Å². The molecule has 0 saturated carbocycles. The second-order valence-corrected chi connectivity index (χ2v) is 11.7. The number of hydrogen-bond acceptors (Lipinski definition) is 8. The van der Waals surface area contributed by atoms with Crippen LogP contribution in [0.5, 0.6) is 17.2 Å². The van der Waals surface area contributed by atoms with Gasteiger partial charge in [0.2, 0.25) is 11.8 Å². The molecule has 4 aliphatic rings. The number of carboxylic acids is 1. The van der Waals surface area contributed by atoms with E-state index in [0.717, 1.165) is 22.6 Å². The molecule has 1 saturated heterocycles. The largest absolute Gasteiger partial charge is 0.507 e. The minimum Gasteiger partial charge on any atom is -0.507 e. The zero-order valence-electron chi connectivity index (χ0n) is 22.4. The number of carboxylic acid groups (broad SMARTS) is 1. The Morgan fingerprint density at radius 1 is 1.05 bits per heavy atom. The Labute approximate surface area is 247 Å². The van der Waals surface area contributed by atoms with Crippen LogP contribution in [0.1, 0.15) is 41.6 Å². The van der Waals surface area contributed by atoms with Crippen LogP contribution in [0, 0.1) is 17.8 Å². The van der Waals surface area contributed by atoms with E-state index in [1.54, 1.807) is 19.1 Å². The van der Waals surface area contributed by atoms with Gasteiger partial charge in [0.15, 0.2) is 23.1 Å². The average molecular weight is 634 g/mol. The number of allylic oxidation sites excluding steroid dienone is 6. The third-order valence-corrected chi connectivity index (χ3v) is 9.24. The first-order valence-corrected chi connectivity index (χ1v) is 13.9. The first kappa shape index (κ1) is 27.6. The number of hydrogen-bond donors (Lipinski definition) is 3. The van der Waals surface area contributed by atoms with E-state index in [0.29, 0.717) is 21.2 Å². The molecule has 4 atom stereocenters. The van der Waals surface area contributed by atoms with Gasteiger partial charge in [0.25, 0.3) is 0 Å². The Balaban J connectivity index is 1.48. The summed E-state index contributed by atoms with van der Waals surface area (Å²) >= 11 is 3.34. The maximum Gasteiger partial charge on any atom is 0.339 e. The maximum absolute atomic E-state index is 14.0. The monoisotopic (exact) mass is 633 g/mol. The van der Waals surface area contributed by atoms with E-state index in [1.807, 2.05) is 6.08 Å². The van der Waals surface area contributed by atoms with E-state index in [2.05, 4.69) is 15.9 Å². The first-order chi connectivity index (χ1) is 19.9. The van der Waals surface area contributed by atoms with Crippen LogP contribution >= 0.6 is 15.9 Å². The van der Waals surface area contributed by atoms with Crippen molar-refractivity contribution in [1.29, 1.82) is 0 Å². The zero-order valence-corrected chi connectivity index (χ0v) is 24.0. The lowest BCUT2D eigenvalue weighted by atomic mass is 9.59. The molecule has 0 aromatic heterocycles. The Morgan fingerprint density at radius 2 is 1.79 bits per heavy atom. The van der Waals surface area contributed by atoms with Crippen molar-refractivity contribution < 1.29 is 44.0 Å². The van der Waals surface area contributed by atoms with Crippen LogP contribution in [-0.4, -0.2) is 51.8 Å². The van der Waals surface area contributed by atoms with Gasteiger partial charge in [-0.2, -0.15) is 0 Å². The molecule has 6 rings (SSSR count). The van der Waals surface area contributed by atoms with Gasteiger partial charge in [-0.3, -0.25) is 19.2 Å². The molecule has 2 amide bonds. The molecule has 214 valence electrons. The molecule has 0 spiro atoms. The van der Waals surface area contributed by atoms with Crippen molar-refractivity contribution in [2.75, 3.05) is 12.0 Å². The maximum atomic E-state index is 14.0. The number of carbonyl (C=O) groups excluding carboxylic acids is 4. The zero-order chi connectivity index (χ0) is 30.2. The Kier molecular flexibility index (Phi) is 6.45. The number of imide groups is 1. The van der Waals surface area contributed by atoms with E-state index < -0.39 is 47.2 Å². The number of anilines is 1. The van der Waals surface area contributed by atoms with Crippen LogP contribution < -0.4 is 9.64 Å². The number of ether oxygens (including phenoxy) is 1. The van der Waals surface area contributed by atoms with Crippen molar-refractivity contribution in [2.45, 2.75) is 25.7 Å². The number of benzene rings is 2. The lowest BCUT2D eigenvalue weighted by molar-refractivity contribution is -0.123. The normalized spacial score (nSPS) is 25.1. The Morgan fingerprint density at radius 3 is 2.45 bits per heavy atom. The summed E-state index contributed by atoms with van der Waals surface area (Å²) in [5.74, 6) is -6.49. The summed E-state index contributed by atoms with van der Waals surface area (Å²) in [6.07, 6.45) is 3.43. The number of rotatable bonds is 4. The van der Waals surface area contributed by atoms with Crippen molar-refractivity contribution in [2.24, 2.45) is 17.8 Å². The average Bonchev–Trinajstić information content (AvgIpc) is 3.21. The minimum absolute atomic E-state index is 0.0467. The number of halogens is 1. The highest BCUT2D eigenvalue weighted by atomic mass is 79.9. The lowest BCUT2D eigenvalue weighted by Crippen LogP contribution is -2.39. The van der Waals surface area contributed by atoms with E-state index in [9.17, 15) is 39.3 Å². The van der Waals surface area contributed by atoms with Crippen LogP contribution in [0.3, 0.4) is 0 Å². The molecule has 1 aliphatic heterocycles. The number of nitrogens with zero attached hydrogens (tertiary/aromatic N) is 1. The van der Waals surface area contributed by atoms with Crippen molar-refractivity contribution in [3.8, 4) is 17.2 Å². The van der Waals surface area contributed by atoms with Gasteiger partial charge in [-0.05, 0) is 77.5 Å². The molecule has 1 heterocycles. The molecule has 4 unspecified atom stereocenters. The van der Waals surface area contributed by atoms with Gasteiger partial charge < -0.3 is 20.1 Å². The highest BCUT2D eigenvalue weighted by Gasteiger charge is 2.56. The number of phenolic OH excluding ortho intramolecular Hbond substituents is 1. The predicted molar refractivity (Wildman–Crippen MR) is 151 cm³/mol. The van der Waals surface area contributed by atoms with E-state index in [4.69, 9.17) is 4.74 Å². The second kappa shape index (κ2) is 9.80. The highest BCUT2D eigenvalue weighted by molar-refractivity contribution is 9.10. The summed E-state index contributed by atoms with van der Waals surface area (Å²) in [7, 11) is 1.39. The van der Waals surface area contributed by atoms with E-state index in [1.165, 1.54) is 19.3 Å². The number of aromatic carboxylic acids is 1. The smallest absolute Gasteiger partial charge is 0.339 e. The van der Waals surface area contributed by atoms with Crippen LogP contribution in [0.15, 0.2) is 69.2 Å². The molecule has 0 radical (unpaired) electrons. The third-order valence-electron chi connectivity index (χ3n) is 8.64. The minimum atomic E-state index is -1.36. The summed E-state index contributed by atoms with van der Waals surface area (Å²) in [6.45, 7) is 1.58. The third kappa shape index (κ3) is 3.94. The number of amides is 2. The highest BCUT2D eigenvalue weighted by Crippen LogP contribution is 2.56. The van der Waals surface area contributed by atoms with Crippen molar-refractivity contribution in [3.63, 3.8) is 0 Å². The molecular formula is C31H24BrNO9. The van der Waals surface area contributed by atoms with Crippen LogP contribution in [0.4, 0.5) is 5.69 Å². The van der Waals surface area contributed by atoms with Gasteiger partial charge in [0.05, 0.1) is 29.1 Å². The number of phenols is 2. The second-order valence-electron chi connectivity index (χ2n) is 10.8. The van der Waals surface area contributed by atoms with Gasteiger partial charge in [-0.15, -0.1) is 0 Å². The van der Waals surface area contributed by atoms with Crippen LogP contribution in [0.2, 0.25) is 0 Å². The van der Waals surface area contributed by atoms with Gasteiger partial charge in [-0.25, -0.2) is 9.69 Å². The Hall–Kier alpha value is -4.51. The number of Topliss-reactive ketones (excluding diaryl/α,β-unsaturated/α-hetero) is 1. The number of fused-ring (bicyclic) bond motifs is 3. The summed E-state index contributed by atoms with van der Waals surface area (Å²) < 4.78 is 5.67. The van der Waals surface area contributed by atoms with Crippen molar-refractivity contribution in [1.82, 2.24) is 0 Å². The molecule has 42 heavy (non-hydrogen) atoms. The molecule has 3 N–H and O–H groups in total. The molecule has 2 aromatic rings. The summed E-state index contributed by atoms with van der Waals surface area (Å²) in [6, 6.07) is 6.74. The quantitative estimate of drug-likeness (QED) is 0.255. The number of methoxy groups -OCH3 is 1. The fourth-order valence-electron chi connectivity index (χ4n) is 6.75. The van der Waals surface area contributed by atoms with Crippen molar-refractivity contribution >= 4 is 51.0 Å². The standard InChI is InChI=1S/C31H24BrNO9/c1-12-7-21(34)19-11-18-15(24(26(19)27(12)36)13-8-20(32)28(37)23(9-13)42-2)5-6-17-25(18)30(39)33(29(17)38)14-3-4-16(31(40)41)22(35)10-14/h3-5,7-10,17-18,24-25,35,37H,6,11H2,1-2H3,(H,40,41). The summed E-state index contributed by atoms with van der Waals surface area (Å²) in [5.41, 5.74) is 1.85. The first-order valence-electron chi connectivity index (χ1n) is 13.1. The van der Waals surface area contributed by atoms with Gasteiger partial charge in [-0.1, -0.05) is 11.6 Å². The topological polar surface area (TPSA) is 159 Å². The molecule has 1 fully saturated rings. The predicted octanol–water partition coefficient (Wildman–Crippen LogP) is 4.20. The SMILES string of the molecule is COc1cc(C2C3=CCC4C(=O)N(c5ccc(C(=O)O)c(O)c5)C(=O)C4C3CC3=C2C(=O)C(C)=CC3=O)cc(Br)c1O. The van der Waals surface area contributed by atoms with Gasteiger partial charge in [0.1, 0.15) is 11.3 Å². The molecule has 11 heteroatoms. The molecular weight excluding hydrogens is 610 g/mol. The molecule has 3 aliphatic carbocycles. The summed E-state index contributed by atoms with van der Waals surface area (Å²) in [5, 5.41) is 29.9. The fraction of sp³-hybridized carbons (Fsp3) is 0.258. The summed E-state index contributed by atoms with van der Waals surface area (Å²) in [4.78, 5) is 66.8.